The fourth-order valence-electron chi connectivity index (χ4n) is 3.54. The predicted molar refractivity (Wildman–Crippen MR) is 134 cm³/mol. The molecule has 1 heterocycles. The van der Waals surface area contributed by atoms with Crippen LogP contribution in [0.1, 0.15) is 12.5 Å². The minimum absolute atomic E-state index is 0. The van der Waals surface area contributed by atoms with Crippen LogP contribution in [-0.4, -0.2) is 68.4 Å². The van der Waals surface area contributed by atoms with Crippen molar-refractivity contribution in [3.05, 3.63) is 60.2 Å². The van der Waals surface area contributed by atoms with Crippen LogP contribution in [-0.2, 0) is 6.42 Å². The molecular formula is C23H33IN4O2. The number of piperazine rings is 1. The molecule has 7 heteroatoms. The van der Waals surface area contributed by atoms with Gasteiger partial charge in [-0.2, -0.15) is 0 Å². The lowest BCUT2D eigenvalue weighted by atomic mass is 10.1. The van der Waals surface area contributed by atoms with Gasteiger partial charge in [0.25, 0.3) is 0 Å². The molecule has 0 amide bonds. The van der Waals surface area contributed by atoms with Crippen molar-refractivity contribution in [3.63, 3.8) is 0 Å². The van der Waals surface area contributed by atoms with Gasteiger partial charge in [-0.15, -0.1) is 24.0 Å². The van der Waals surface area contributed by atoms with E-state index in [4.69, 9.17) is 9.73 Å². The Morgan fingerprint density at radius 2 is 1.73 bits per heavy atom. The molecule has 164 valence electrons. The number of hydrogen-bond acceptors (Lipinski definition) is 4. The first-order valence-electron chi connectivity index (χ1n) is 10.3. The molecule has 0 spiro atoms. The summed E-state index contributed by atoms with van der Waals surface area (Å²) >= 11 is 0. The number of methoxy groups -OCH3 is 1. The second kappa shape index (κ2) is 12.6. The van der Waals surface area contributed by atoms with Gasteiger partial charge in [0.15, 0.2) is 5.96 Å². The summed E-state index contributed by atoms with van der Waals surface area (Å²) in [5.41, 5.74) is 2.35. The summed E-state index contributed by atoms with van der Waals surface area (Å²) < 4.78 is 5.24. The molecule has 1 aliphatic rings. The fraction of sp³-hybridized carbons (Fsp3) is 0.435. The molecule has 0 bridgehead atoms. The van der Waals surface area contributed by atoms with Crippen molar-refractivity contribution in [3.8, 4) is 5.75 Å². The van der Waals surface area contributed by atoms with Crippen molar-refractivity contribution < 1.29 is 9.84 Å². The van der Waals surface area contributed by atoms with Crippen LogP contribution in [0, 0.1) is 0 Å². The highest BCUT2D eigenvalue weighted by Crippen LogP contribution is 2.20. The number of aliphatic hydroxyl groups excluding tert-OH is 1. The van der Waals surface area contributed by atoms with Crippen LogP contribution in [0.2, 0.25) is 0 Å². The van der Waals surface area contributed by atoms with Crippen LogP contribution in [0.25, 0.3) is 0 Å². The molecule has 0 aliphatic carbocycles. The van der Waals surface area contributed by atoms with E-state index < -0.39 is 6.10 Å². The quantitative estimate of drug-likeness (QED) is 0.332. The Kier molecular flexibility index (Phi) is 10.2. The third-order valence-corrected chi connectivity index (χ3v) is 5.12. The second-order valence-electron chi connectivity index (χ2n) is 7.21. The largest absolute Gasteiger partial charge is 0.497 e. The number of rotatable bonds is 7. The highest BCUT2D eigenvalue weighted by atomic mass is 127. The predicted octanol–water partition coefficient (Wildman–Crippen LogP) is 3.00. The van der Waals surface area contributed by atoms with Gasteiger partial charge in [0.1, 0.15) is 5.75 Å². The van der Waals surface area contributed by atoms with Crippen molar-refractivity contribution in [1.82, 2.24) is 10.2 Å². The summed E-state index contributed by atoms with van der Waals surface area (Å²) in [5.74, 6) is 1.76. The SMILES string of the molecule is CCNC(=NCC(O)Cc1ccccc1)N1CCN(c2ccc(OC)cc2)CC1.I. The van der Waals surface area contributed by atoms with Gasteiger partial charge in [0, 0.05) is 44.8 Å². The Bertz CT molecular complexity index is 763. The van der Waals surface area contributed by atoms with Crippen LogP contribution in [0.3, 0.4) is 0 Å². The number of guanidine groups is 1. The number of ether oxygens (including phenoxy) is 1. The number of aliphatic hydroxyl groups is 1. The molecule has 2 aromatic rings. The van der Waals surface area contributed by atoms with Crippen molar-refractivity contribution in [2.45, 2.75) is 19.4 Å². The lowest BCUT2D eigenvalue weighted by molar-refractivity contribution is 0.183. The summed E-state index contributed by atoms with van der Waals surface area (Å²) in [5, 5.41) is 13.8. The monoisotopic (exact) mass is 524 g/mol. The molecule has 6 nitrogen and oxygen atoms in total. The third kappa shape index (κ3) is 7.05. The number of halogens is 1. The van der Waals surface area contributed by atoms with Gasteiger partial charge < -0.3 is 25.0 Å². The zero-order valence-electron chi connectivity index (χ0n) is 17.8. The van der Waals surface area contributed by atoms with E-state index >= 15 is 0 Å². The molecule has 3 rings (SSSR count). The van der Waals surface area contributed by atoms with Gasteiger partial charge >= 0.3 is 0 Å². The molecule has 1 atom stereocenters. The van der Waals surface area contributed by atoms with Crippen LogP contribution >= 0.6 is 24.0 Å². The van der Waals surface area contributed by atoms with Gasteiger partial charge in [0.2, 0.25) is 0 Å². The highest BCUT2D eigenvalue weighted by molar-refractivity contribution is 14.0. The van der Waals surface area contributed by atoms with Crippen LogP contribution in [0.15, 0.2) is 59.6 Å². The minimum Gasteiger partial charge on any atom is -0.497 e. The second-order valence-corrected chi connectivity index (χ2v) is 7.21. The summed E-state index contributed by atoms with van der Waals surface area (Å²) in [6.45, 7) is 6.94. The maximum atomic E-state index is 10.4. The van der Waals surface area contributed by atoms with E-state index in [1.807, 2.05) is 42.5 Å². The molecular weight excluding hydrogens is 491 g/mol. The summed E-state index contributed by atoms with van der Waals surface area (Å²) in [7, 11) is 1.69. The normalized spacial score (nSPS) is 15.4. The fourth-order valence-corrected chi connectivity index (χ4v) is 3.54. The molecule has 2 N–H and O–H groups in total. The maximum absolute atomic E-state index is 10.4. The molecule has 1 unspecified atom stereocenters. The van der Waals surface area contributed by atoms with Gasteiger partial charge in [-0.3, -0.25) is 4.99 Å². The number of nitrogens with one attached hydrogen (secondary N) is 1. The highest BCUT2D eigenvalue weighted by Gasteiger charge is 2.20. The Hall–Kier alpha value is -2.00. The van der Waals surface area contributed by atoms with Gasteiger partial charge in [-0.25, -0.2) is 0 Å². The first kappa shape index (κ1) is 24.3. The molecule has 0 aromatic heterocycles. The van der Waals surface area contributed by atoms with E-state index in [2.05, 4.69) is 34.2 Å². The molecule has 0 radical (unpaired) electrons. The van der Waals surface area contributed by atoms with Gasteiger partial charge in [-0.1, -0.05) is 30.3 Å². The smallest absolute Gasteiger partial charge is 0.194 e. The molecule has 1 aliphatic heterocycles. The Morgan fingerprint density at radius 3 is 2.33 bits per heavy atom. The van der Waals surface area contributed by atoms with Crippen LogP contribution < -0.4 is 15.0 Å². The van der Waals surface area contributed by atoms with E-state index in [9.17, 15) is 5.11 Å². The van der Waals surface area contributed by atoms with E-state index in [1.165, 1.54) is 5.69 Å². The Balaban J connectivity index is 0.00000320. The van der Waals surface area contributed by atoms with Crippen molar-refractivity contribution in [1.29, 1.82) is 0 Å². The zero-order chi connectivity index (χ0) is 20.5. The number of anilines is 1. The van der Waals surface area contributed by atoms with E-state index in [0.717, 1.165) is 50.0 Å². The standard InChI is InChI=1S/C23H32N4O2.HI/c1-3-24-23(25-18-21(28)17-19-7-5-4-6-8-19)27-15-13-26(14-16-27)20-9-11-22(29-2)12-10-20;/h4-12,21,28H,3,13-18H2,1-2H3,(H,24,25);1H. The molecule has 1 fully saturated rings. The average Bonchev–Trinajstić information content (AvgIpc) is 2.77. The molecule has 1 saturated heterocycles. The van der Waals surface area contributed by atoms with Crippen molar-refractivity contribution in [2.75, 3.05) is 51.3 Å². The van der Waals surface area contributed by atoms with Crippen LogP contribution in [0.5, 0.6) is 5.75 Å². The topological polar surface area (TPSA) is 60.3 Å². The number of aliphatic imine (C=N–C) groups is 1. The van der Waals surface area contributed by atoms with E-state index in [-0.39, 0.29) is 24.0 Å². The lowest BCUT2D eigenvalue weighted by Crippen LogP contribution is -2.52. The number of benzene rings is 2. The average molecular weight is 524 g/mol. The van der Waals surface area contributed by atoms with Gasteiger partial charge in [0.05, 0.1) is 19.8 Å². The van der Waals surface area contributed by atoms with E-state index in [0.29, 0.717) is 13.0 Å². The van der Waals surface area contributed by atoms with E-state index in [1.54, 1.807) is 7.11 Å². The zero-order valence-corrected chi connectivity index (χ0v) is 20.2. The van der Waals surface area contributed by atoms with Gasteiger partial charge in [-0.05, 0) is 36.8 Å². The molecule has 0 saturated carbocycles. The first-order chi connectivity index (χ1) is 14.2. The first-order valence-corrected chi connectivity index (χ1v) is 10.3. The third-order valence-electron chi connectivity index (χ3n) is 5.12. The lowest BCUT2D eigenvalue weighted by Gasteiger charge is -2.37. The van der Waals surface area contributed by atoms with Crippen molar-refractivity contribution >= 4 is 35.6 Å². The minimum atomic E-state index is -0.480. The summed E-state index contributed by atoms with van der Waals surface area (Å²) in [4.78, 5) is 9.36. The number of nitrogens with zero attached hydrogens (tertiary/aromatic N) is 3. The summed E-state index contributed by atoms with van der Waals surface area (Å²) in [6, 6.07) is 18.3. The maximum Gasteiger partial charge on any atom is 0.194 e. The molecule has 2 aromatic carbocycles. The van der Waals surface area contributed by atoms with Crippen LogP contribution in [0.4, 0.5) is 5.69 Å². The van der Waals surface area contributed by atoms with Crippen molar-refractivity contribution in [2.24, 2.45) is 4.99 Å². The molecule has 30 heavy (non-hydrogen) atoms. The Morgan fingerprint density at radius 1 is 1.07 bits per heavy atom. The Labute approximate surface area is 197 Å². The number of hydrogen-bond donors (Lipinski definition) is 2. The summed E-state index contributed by atoms with van der Waals surface area (Å²) in [6.07, 6.45) is 0.140.